The zero-order valence-electron chi connectivity index (χ0n) is 10.1. The number of carbonyl (C=O) groups is 2. The number of Topliss-reactive ketones (excluding diaryl/α,β-unsaturated/α-hetero) is 1. The van der Waals surface area contributed by atoms with Crippen molar-refractivity contribution in [1.82, 2.24) is 5.06 Å². The molecule has 4 nitrogen and oxygen atoms in total. The fourth-order valence-electron chi connectivity index (χ4n) is 1.46. The van der Waals surface area contributed by atoms with Crippen LogP contribution in [0.4, 0.5) is 0 Å². The largest absolute Gasteiger partial charge is 0.299 e. The van der Waals surface area contributed by atoms with E-state index in [-0.39, 0.29) is 24.0 Å². The molecular formula is C11H21NO3. The van der Waals surface area contributed by atoms with Gasteiger partial charge < -0.3 is 0 Å². The van der Waals surface area contributed by atoms with Crippen molar-refractivity contribution in [2.75, 3.05) is 14.2 Å². The maximum atomic E-state index is 11.5. The molecule has 15 heavy (non-hydrogen) atoms. The van der Waals surface area contributed by atoms with Crippen LogP contribution in [0.5, 0.6) is 0 Å². The van der Waals surface area contributed by atoms with Crippen LogP contribution in [0.1, 0.15) is 39.5 Å². The molecule has 88 valence electrons. The molecule has 0 aliphatic rings. The lowest BCUT2D eigenvalue weighted by molar-refractivity contribution is -0.170. The maximum absolute atomic E-state index is 11.5. The smallest absolute Gasteiger partial charge is 0.246 e. The van der Waals surface area contributed by atoms with E-state index in [0.29, 0.717) is 6.42 Å². The van der Waals surface area contributed by atoms with Crippen molar-refractivity contribution < 1.29 is 14.4 Å². The van der Waals surface area contributed by atoms with Gasteiger partial charge in [-0.15, -0.1) is 0 Å². The molecule has 0 aromatic rings. The Balaban J connectivity index is 4.27. The van der Waals surface area contributed by atoms with Gasteiger partial charge in [0.05, 0.1) is 7.11 Å². The van der Waals surface area contributed by atoms with Crippen molar-refractivity contribution in [1.29, 1.82) is 0 Å². The molecule has 0 N–H and O–H groups in total. The molecule has 0 aliphatic heterocycles. The summed E-state index contributed by atoms with van der Waals surface area (Å²) < 4.78 is 0. The van der Waals surface area contributed by atoms with E-state index in [4.69, 9.17) is 4.84 Å². The SMILES string of the molecule is CCCC(CC(=O)N(C)OC)C(=O)CC. The van der Waals surface area contributed by atoms with E-state index in [1.54, 1.807) is 7.05 Å². The second-order valence-electron chi connectivity index (χ2n) is 3.58. The van der Waals surface area contributed by atoms with Gasteiger partial charge in [-0.2, -0.15) is 0 Å². The van der Waals surface area contributed by atoms with Crippen LogP contribution in [0, 0.1) is 5.92 Å². The number of carbonyl (C=O) groups excluding carboxylic acids is 2. The predicted molar refractivity (Wildman–Crippen MR) is 58.1 cm³/mol. The van der Waals surface area contributed by atoms with E-state index in [9.17, 15) is 9.59 Å². The lowest BCUT2D eigenvalue weighted by Gasteiger charge is -2.18. The Kier molecular flexibility index (Phi) is 6.96. The number of rotatable bonds is 7. The average Bonchev–Trinajstić information content (AvgIpc) is 2.26. The van der Waals surface area contributed by atoms with Crippen LogP contribution in [0.2, 0.25) is 0 Å². The first-order chi connectivity index (χ1) is 7.06. The van der Waals surface area contributed by atoms with Crippen LogP contribution in [0.3, 0.4) is 0 Å². The standard InChI is InChI=1S/C11H21NO3/c1-5-7-9(10(13)6-2)8-11(14)12(3)15-4/h9H,5-8H2,1-4H3. The van der Waals surface area contributed by atoms with E-state index < -0.39 is 0 Å². The Hall–Kier alpha value is -0.900. The summed E-state index contributed by atoms with van der Waals surface area (Å²) in [6.07, 6.45) is 2.44. The molecule has 0 saturated carbocycles. The molecule has 0 spiro atoms. The first kappa shape index (κ1) is 14.1. The molecule has 0 bridgehead atoms. The molecule has 0 fully saturated rings. The Morgan fingerprint density at radius 2 is 1.93 bits per heavy atom. The van der Waals surface area contributed by atoms with Gasteiger partial charge in [0.2, 0.25) is 5.91 Å². The Morgan fingerprint density at radius 1 is 1.33 bits per heavy atom. The van der Waals surface area contributed by atoms with Crippen LogP contribution < -0.4 is 0 Å². The summed E-state index contributed by atoms with van der Waals surface area (Å²) in [5, 5.41) is 1.17. The van der Waals surface area contributed by atoms with Gasteiger partial charge >= 0.3 is 0 Å². The van der Waals surface area contributed by atoms with E-state index in [2.05, 4.69) is 0 Å². The highest BCUT2D eigenvalue weighted by atomic mass is 16.7. The highest BCUT2D eigenvalue weighted by Crippen LogP contribution is 2.15. The lowest BCUT2D eigenvalue weighted by Crippen LogP contribution is -2.29. The van der Waals surface area contributed by atoms with E-state index in [0.717, 1.165) is 12.8 Å². The molecular weight excluding hydrogens is 194 g/mol. The number of hydrogen-bond donors (Lipinski definition) is 0. The first-order valence-electron chi connectivity index (χ1n) is 5.40. The van der Waals surface area contributed by atoms with Crippen molar-refractivity contribution >= 4 is 11.7 Å². The highest BCUT2D eigenvalue weighted by molar-refractivity contribution is 5.86. The van der Waals surface area contributed by atoms with Crippen molar-refractivity contribution in [3.05, 3.63) is 0 Å². The fourth-order valence-corrected chi connectivity index (χ4v) is 1.46. The maximum Gasteiger partial charge on any atom is 0.246 e. The minimum absolute atomic E-state index is 0.141. The lowest BCUT2D eigenvalue weighted by atomic mass is 9.93. The zero-order valence-corrected chi connectivity index (χ0v) is 10.1. The van der Waals surface area contributed by atoms with Gasteiger partial charge in [0.25, 0.3) is 0 Å². The minimum Gasteiger partial charge on any atom is -0.299 e. The van der Waals surface area contributed by atoms with Crippen LogP contribution in [-0.2, 0) is 14.4 Å². The minimum atomic E-state index is -0.148. The number of nitrogens with zero attached hydrogens (tertiary/aromatic N) is 1. The summed E-state index contributed by atoms with van der Waals surface area (Å²) in [5.41, 5.74) is 0. The van der Waals surface area contributed by atoms with Crippen molar-refractivity contribution in [3.8, 4) is 0 Å². The summed E-state index contributed by atoms with van der Waals surface area (Å²) in [6, 6.07) is 0. The Bertz CT molecular complexity index is 216. The summed E-state index contributed by atoms with van der Waals surface area (Å²) in [5.74, 6) is -0.127. The molecule has 0 aromatic heterocycles. The monoisotopic (exact) mass is 215 g/mol. The first-order valence-corrected chi connectivity index (χ1v) is 5.40. The highest BCUT2D eigenvalue weighted by Gasteiger charge is 2.21. The molecule has 0 rings (SSSR count). The van der Waals surface area contributed by atoms with Crippen LogP contribution in [0.15, 0.2) is 0 Å². The van der Waals surface area contributed by atoms with Crippen LogP contribution in [-0.4, -0.2) is 30.9 Å². The molecule has 0 saturated heterocycles. The van der Waals surface area contributed by atoms with Gasteiger partial charge in [-0.25, -0.2) is 5.06 Å². The summed E-state index contributed by atoms with van der Waals surface area (Å²) in [7, 11) is 3.00. The van der Waals surface area contributed by atoms with Gasteiger partial charge in [0.15, 0.2) is 0 Å². The number of amides is 1. The number of ketones is 1. The Morgan fingerprint density at radius 3 is 2.33 bits per heavy atom. The third kappa shape index (κ3) is 4.93. The van der Waals surface area contributed by atoms with Crippen molar-refractivity contribution in [2.24, 2.45) is 5.92 Å². The molecule has 0 aromatic carbocycles. The molecule has 0 heterocycles. The van der Waals surface area contributed by atoms with Crippen LogP contribution >= 0.6 is 0 Å². The molecule has 0 radical (unpaired) electrons. The van der Waals surface area contributed by atoms with Gasteiger partial charge in [0, 0.05) is 25.8 Å². The predicted octanol–water partition coefficient (Wildman–Crippen LogP) is 1.79. The molecule has 4 heteroatoms. The second kappa shape index (κ2) is 7.40. The van der Waals surface area contributed by atoms with Crippen molar-refractivity contribution in [3.63, 3.8) is 0 Å². The molecule has 1 unspecified atom stereocenters. The van der Waals surface area contributed by atoms with Gasteiger partial charge in [-0.05, 0) is 6.42 Å². The van der Waals surface area contributed by atoms with Crippen LogP contribution in [0.25, 0.3) is 0 Å². The van der Waals surface area contributed by atoms with Gasteiger partial charge in [0.1, 0.15) is 5.78 Å². The number of hydrogen-bond acceptors (Lipinski definition) is 3. The fraction of sp³-hybridized carbons (Fsp3) is 0.818. The molecule has 1 amide bonds. The third-order valence-corrected chi connectivity index (χ3v) is 2.49. The Labute approximate surface area is 91.5 Å². The summed E-state index contributed by atoms with van der Waals surface area (Å²) >= 11 is 0. The zero-order chi connectivity index (χ0) is 11.8. The number of hydroxylamine groups is 2. The van der Waals surface area contributed by atoms with E-state index >= 15 is 0 Å². The summed E-state index contributed by atoms with van der Waals surface area (Å²) in [6.45, 7) is 3.84. The van der Waals surface area contributed by atoms with Crippen molar-refractivity contribution in [2.45, 2.75) is 39.5 Å². The topological polar surface area (TPSA) is 46.6 Å². The van der Waals surface area contributed by atoms with Gasteiger partial charge in [-0.1, -0.05) is 20.3 Å². The average molecular weight is 215 g/mol. The summed E-state index contributed by atoms with van der Waals surface area (Å²) in [4.78, 5) is 27.8. The molecule has 0 aliphatic carbocycles. The normalized spacial score (nSPS) is 12.3. The van der Waals surface area contributed by atoms with E-state index in [1.807, 2.05) is 13.8 Å². The van der Waals surface area contributed by atoms with E-state index in [1.165, 1.54) is 12.2 Å². The second-order valence-corrected chi connectivity index (χ2v) is 3.58. The molecule has 1 atom stereocenters. The third-order valence-electron chi connectivity index (χ3n) is 2.49. The quantitative estimate of drug-likeness (QED) is 0.608. The van der Waals surface area contributed by atoms with Gasteiger partial charge in [-0.3, -0.25) is 14.4 Å².